The highest BCUT2D eigenvalue weighted by Gasteiger charge is 2.21. The highest BCUT2D eigenvalue weighted by Crippen LogP contribution is 2.12. The van der Waals surface area contributed by atoms with E-state index in [2.05, 4.69) is 15.6 Å². The van der Waals surface area contributed by atoms with Gasteiger partial charge >= 0.3 is 0 Å². The minimum absolute atomic E-state index is 0.0487. The van der Waals surface area contributed by atoms with Crippen LogP contribution in [0.15, 0.2) is 102 Å². The van der Waals surface area contributed by atoms with Crippen molar-refractivity contribution in [3.8, 4) is 0 Å². The number of carbonyl (C=O) groups excluding carboxylic acids is 1. The Bertz CT molecular complexity index is 1300. The molecule has 4 aromatic rings. The number of anilines is 1. The Labute approximate surface area is 209 Å². The Morgan fingerprint density at radius 2 is 1.43 bits per heavy atom. The van der Waals surface area contributed by atoms with Crippen LogP contribution in [-0.4, -0.2) is 28.0 Å². The van der Waals surface area contributed by atoms with Gasteiger partial charge in [-0.25, -0.2) is 4.98 Å². The van der Waals surface area contributed by atoms with Crippen LogP contribution >= 0.6 is 11.6 Å². The first kappa shape index (κ1) is 24.2. The lowest BCUT2D eigenvalue weighted by Crippen LogP contribution is -2.43. The van der Waals surface area contributed by atoms with Gasteiger partial charge in [0.1, 0.15) is 11.2 Å². The van der Waals surface area contributed by atoms with Crippen LogP contribution < -0.4 is 16.2 Å². The first-order chi connectivity index (χ1) is 17.1. The van der Waals surface area contributed by atoms with Gasteiger partial charge in [-0.3, -0.25) is 9.59 Å². The molecule has 0 bridgehead atoms. The third kappa shape index (κ3) is 7.04. The van der Waals surface area contributed by atoms with Crippen LogP contribution in [0.2, 0.25) is 5.15 Å². The second kappa shape index (κ2) is 12.0. The normalized spacial score (nSPS) is 11.6. The molecule has 0 aliphatic carbocycles. The maximum absolute atomic E-state index is 13.2. The van der Waals surface area contributed by atoms with Crippen molar-refractivity contribution in [2.75, 3.05) is 11.9 Å². The maximum atomic E-state index is 13.2. The largest absolute Gasteiger partial charge is 0.354 e. The van der Waals surface area contributed by atoms with Crippen molar-refractivity contribution in [2.24, 2.45) is 0 Å². The van der Waals surface area contributed by atoms with Crippen LogP contribution in [0.4, 0.5) is 5.82 Å². The predicted octanol–water partition coefficient (Wildman–Crippen LogP) is 4.33. The summed E-state index contributed by atoms with van der Waals surface area (Å²) in [6.07, 6.45) is 2.61. The minimum Gasteiger partial charge on any atom is -0.354 e. The molecule has 1 unspecified atom stereocenters. The smallest absolute Gasteiger partial charge is 0.293 e. The average molecular weight is 487 g/mol. The van der Waals surface area contributed by atoms with Crippen molar-refractivity contribution in [2.45, 2.75) is 25.4 Å². The molecule has 0 aliphatic rings. The Morgan fingerprint density at radius 3 is 2.06 bits per heavy atom. The SMILES string of the molecule is O=C(NCCc1ccccc1)C(Cc1ccccc1)Nc1nc(Cl)cn(Cc2ccccc2)c1=O. The number of carbonyl (C=O) groups is 1. The maximum Gasteiger partial charge on any atom is 0.293 e. The number of nitrogens with zero attached hydrogens (tertiary/aromatic N) is 2. The highest BCUT2D eigenvalue weighted by molar-refractivity contribution is 6.29. The lowest BCUT2D eigenvalue weighted by atomic mass is 10.0. The molecule has 0 aliphatic heterocycles. The molecule has 1 heterocycles. The van der Waals surface area contributed by atoms with Crippen LogP contribution in [0, 0.1) is 0 Å². The fourth-order valence-electron chi connectivity index (χ4n) is 3.82. The molecule has 7 heteroatoms. The molecule has 0 saturated carbocycles. The summed E-state index contributed by atoms with van der Waals surface area (Å²) in [6, 6.07) is 28.6. The highest BCUT2D eigenvalue weighted by atomic mass is 35.5. The van der Waals surface area contributed by atoms with E-state index in [0.717, 1.165) is 16.7 Å². The van der Waals surface area contributed by atoms with Gasteiger partial charge in [-0.1, -0.05) is 103 Å². The zero-order valence-corrected chi connectivity index (χ0v) is 20.0. The fraction of sp³-hybridized carbons (Fsp3) is 0.179. The van der Waals surface area contributed by atoms with Crippen LogP contribution in [0.5, 0.6) is 0 Å². The quantitative estimate of drug-likeness (QED) is 0.350. The molecule has 0 spiro atoms. The lowest BCUT2D eigenvalue weighted by molar-refractivity contribution is -0.121. The Hall–Kier alpha value is -3.90. The molecule has 0 fully saturated rings. The number of hydrogen-bond acceptors (Lipinski definition) is 4. The second-order valence-electron chi connectivity index (χ2n) is 8.24. The zero-order valence-electron chi connectivity index (χ0n) is 19.2. The summed E-state index contributed by atoms with van der Waals surface area (Å²) in [4.78, 5) is 30.6. The third-order valence-electron chi connectivity index (χ3n) is 5.61. The molecule has 1 aromatic heterocycles. The fourth-order valence-corrected chi connectivity index (χ4v) is 4.02. The van der Waals surface area contributed by atoms with Gasteiger partial charge in [-0.05, 0) is 23.1 Å². The topological polar surface area (TPSA) is 76.0 Å². The first-order valence-corrected chi connectivity index (χ1v) is 11.9. The number of rotatable bonds is 10. The predicted molar refractivity (Wildman–Crippen MR) is 140 cm³/mol. The average Bonchev–Trinajstić information content (AvgIpc) is 2.88. The van der Waals surface area contributed by atoms with Gasteiger partial charge < -0.3 is 15.2 Å². The van der Waals surface area contributed by atoms with Gasteiger partial charge in [0.2, 0.25) is 5.91 Å². The van der Waals surface area contributed by atoms with E-state index in [0.29, 0.717) is 25.9 Å². The van der Waals surface area contributed by atoms with Crippen molar-refractivity contribution in [3.63, 3.8) is 0 Å². The summed E-state index contributed by atoms with van der Waals surface area (Å²) >= 11 is 6.25. The first-order valence-electron chi connectivity index (χ1n) is 11.5. The van der Waals surface area contributed by atoms with Crippen molar-refractivity contribution in [3.05, 3.63) is 129 Å². The molecule has 0 radical (unpaired) electrons. The molecule has 35 heavy (non-hydrogen) atoms. The molecule has 3 aromatic carbocycles. The van der Waals surface area contributed by atoms with Crippen LogP contribution in [0.25, 0.3) is 0 Å². The van der Waals surface area contributed by atoms with Crippen LogP contribution in [0.3, 0.4) is 0 Å². The summed E-state index contributed by atoms with van der Waals surface area (Å²) in [7, 11) is 0. The zero-order chi connectivity index (χ0) is 24.5. The number of nitrogens with one attached hydrogen (secondary N) is 2. The van der Waals surface area contributed by atoms with Gasteiger partial charge in [-0.2, -0.15) is 0 Å². The number of benzene rings is 3. The van der Waals surface area contributed by atoms with Crippen molar-refractivity contribution in [1.29, 1.82) is 0 Å². The van der Waals surface area contributed by atoms with E-state index < -0.39 is 6.04 Å². The molecule has 1 atom stereocenters. The van der Waals surface area contributed by atoms with Gasteiger partial charge in [0.25, 0.3) is 5.56 Å². The van der Waals surface area contributed by atoms with Crippen molar-refractivity contribution < 1.29 is 4.79 Å². The molecule has 0 saturated heterocycles. The van der Waals surface area contributed by atoms with E-state index >= 15 is 0 Å². The second-order valence-corrected chi connectivity index (χ2v) is 8.63. The number of hydrogen-bond donors (Lipinski definition) is 2. The van der Waals surface area contributed by atoms with Crippen LogP contribution in [0.1, 0.15) is 16.7 Å². The molecular weight excluding hydrogens is 460 g/mol. The number of amides is 1. The molecule has 6 nitrogen and oxygen atoms in total. The van der Waals surface area contributed by atoms with Gasteiger partial charge in [0.05, 0.1) is 6.54 Å². The van der Waals surface area contributed by atoms with Crippen molar-refractivity contribution >= 4 is 23.3 Å². The number of aromatic nitrogens is 2. The van der Waals surface area contributed by atoms with E-state index in [1.54, 1.807) is 0 Å². The van der Waals surface area contributed by atoms with E-state index in [1.807, 2.05) is 91.0 Å². The van der Waals surface area contributed by atoms with E-state index in [1.165, 1.54) is 10.8 Å². The Kier molecular flexibility index (Phi) is 8.30. The summed E-state index contributed by atoms with van der Waals surface area (Å²) in [5.74, 6) is -0.159. The minimum atomic E-state index is -0.697. The molecule has 4 rings (SSSR count). The van der Waals surface area contributed by atoms with E-state index in [-0.39, 0.29) is 22.4 Å². The van der Waals surface area contributed by atoms with Gasteiger partial charge in [0, 0.05) is 19.2 Å². The Balaban J connectivity index is 1.53. The summed E-state index contributed by atoms with van der Waals surface area (Å²) < 4.78 is 1.50. The Morgan fingerprint density at radius 1 is 0.857 bits per heavy atom. The third-order valence-corrected chi connectivity index (χ3v) is 5.79. The molecular formula is C28H27ClN4O2. The van der Waals surface area contributed by atoms with Crippen molar-refractivity contribution in [1.82, 2.24) is 14.9 Å². The van der Waals surface area contributed by atoms with Gasteiger partial charge in [0.15, 0.2) is 5.82 Å². The summed E-state index contributed by atoms with van der Waals surface area (Å²) in [6.45, 7) is 0.834. The van der Waals surface area contributed by atoms with Crippen LogP contribution in [-0.2, 0) is 24.2 Å². The standard InChI is InChI=1S/C28H27ClN4O2/c29-25-20-33(19-23-14-8-3-9-15-23)28(35)26(32-25)31-24(18-22-12-6-2-7-13-22)27(34)30-17-16-21-10-4-1-5-11-21/h1-15,20,24H,16-19H2,(H,30,34)(H,31,32). The van der Waals surface area contributed by atoms with Gasteiger partial charge in [-0.15, -0.1) is 0 Å². The molecule has 178 valence electrons. The van der Waals surface area contributed by atoms with E-state index in [4.69, 9.17) is 11.6 Å². The molecule has 2 N–H and O–H groups in total. The number of halogens is 1. The molecule has 1 amide bonds. The monoisotopic (exact) mass is 486 g/mol. The summed E-state index contributed by atoms with van der Waals surface area (Å²) in [5.41, 5.74) is 2.73. The lowest BCUT2D eigenvalue weighted by Gasteiger charge is -2.20. The van der Waals surface area contributed by atoms with E-state index in [9.17, 15) is 9.59 Å². The summed E-state index contributed by atoms with van der Waals surface area (Å²) in [5, 5.41) is 6.23.